The van der Waals surface area contributed by atoms with Crippen molar-refractivity contribution in [3.8, 4) is 0 Å². The number of nitrogens with zero attached hydrogens (tertiary/aromatic N) is 1. The van der Waals surface area contributed by atoms with E-state index in [2.05, 4.69) is 10.3 Å². The number of halogens is 3. The fourth-order valence-corrected chi connectivity index (χ4v) is 4.10. The Morgan fingerprint density at radius 3 is 2.29 bits per heavy atom. The maximum atomic E-state index is 12.9. The lowest BCUT2D eigenvalue weighted by Crippen LogP contribution is -2.46. The number of aliphatic hydroxyl groups is 1. The van der Waals surface area contributed by atoms with Gasteiger partial charge in [-0.25, -0.2) is 8.42 Å². The SMILES string of the molecule is [B]c1ncc(NC(=O)C(C)(O)CS(=O)(=O)c2ccc(C(=O)NC)cc2)cc1C(F)(F)F. The lowest BCUT2D eigenvalue weighted by molar-refractivity contribution is -0.137. The van der Waals surface area contributed by atoms with Gasteiger partial charge < -0.3 is 15.7 Å². The van der Waals surface area contributed by atoms with Crippen molar-refractivity contribution in [3.63, 3.8) is 0 Å². The molecule has 8 nitrogen and oxygen atoms in total. The summed E-state index contributed by atoms with van der Waals surface area (Å²) < 4.78 is 63.9. The van der Waals surface area contributed by atoms with Crippen LogP contribution < -0.4 is 16.2 Å². The molecule has 2 rings (SSSR count). The molecule has 0 bridgehead atoms. The van der Waals surface area contributed by atoms with Crippen molar-refractivity contribution < 1.29 is 36.3 Å². The van der Waals surface area contributed by atoms with Gasteiger partial charge in [-0.05, 0) is 42.8 Å². The Bertz CT molecular complexity index is 1100. The van der Waals surface area contributed by atoms with Crippen LogP contribution in [0.1, 0.15) is 22.8 Å². The summed E-state index contributed by atoms with van der Waals surface area (Å²) in [5, 5.41) is 14.8. The summed E-state index contributed by atoms with van der Waals surface area (Å²) in [6.07, 6.45) is -3.99. The Labute approximate surface area is 177 Å². The first kappa shape index (κ1) is 24.3. The molecule has 1 aromatic heterocycles. The first-order chi connectivity index (χ1) is 14.2. The van der Waals surface area contributed by atoms with Crippen molar-refractivity contribution in [1.29, 1.82) is 0 Å². The Balaban J connectivity index is 2.21. The Kier molecular flexibility index (Phi) is 6.81. The van der Waals surface area contributed by atoms with Gasteiger partial charge in [-0.3, -0.25) is 14.6 Å². The number of hydrogen-bond acceptors (Lipinski definition) is 6. The molecular formula is C18H17BF3N3O5S. The molecule has 0 aliphatic carbocycles. The Hall–Kier alpha value is -2.93. The van der Waals surface area contributed by atoms with Gasteiger partial charge in [0.2, 0.25) is 0 Å². The number of carbonyl (C=O) groups excluding carboxylic acids is 2. The molecule has 2 aromatic rings. The number of amides is 2. The van der Waals surface area contributed by atoms with Crippen LogP contribution in [0.2, 0.25) is 0 Å². The fourth-order valence-electron chi connectivity index (χ4n) is 2.51. The standard InChI is InChI=1S/C18H17BF3N3O5S/c1-17(28,9-31(29,30)12-5-3-10(4-6-12)15(26)23-2)16(27)25-11-7-13(18(20,21)22)14(19)24-8-11/h3-8,28H,9H2,1-2H3,(H,23,26)(H,25,27). The monoisotopic (exact) mass is 455 g/mol. The molecule has 2 amide bonds. The van der Waals surface area contributed by atoms with Crippen molar-refractivity contribution in [2.24, 2.45) is 0 Å². The molecule has 1 heterocycles. The number of nitrogens with one attached hydrogen (secondary N) is 2. The molecule has 164 valence electrons. The van der Waals surface area contributed by atoms with Gasteiger partial charge in [0.25, 0.3) is 11.8 Å². The average molecular weight is 455 g/mol. The van der Waals surface area contributed by atoms with E-state index in [1.54, 1.807) is 0 Å². The molecule has 0 saturated heterocycles. The van der Waals surface area contributed by atoms with Crippen molar-refractivity contribution in [3.05, 3.63) is 47.7 Å². The lowest BCUT2D eigenvalue weighted by Gasteiger charge is -2.22. The zero-order chi connectivity index (χ0) is 23.6. The van der Waals surface area contributed by atoms with Gasteiger partial charge >= 0.3 is 6.18 Å². The zero-order valence-electron chi connectivity index (χ0n) is 16.3. The number of sulfone groups is 1. The molecule has 0 spiro atoms. The third-order valence-electron chi connectivity index (χ3n) is 4.14. The summed E-state index contributed by atoms with van der Waals surface area (Å²) in [5.74, 6) is -2.77. The minimum absolute atomic E-state index is 0.197. The van der Waals surface area contributed by atoms with Crippen molar-refractivity contribution in [1.82, 2.24) is 10.3 Å². The van der Waals surface area contributed by atoms with Crippen LogP contribution in [0.5, 0.6) is 0 Å². The van der Waals surface area contributed by atoms with Gasteiger partial charge in [0.15, 0.2) is 15.4 Å². The summed E-state index contributed by atoms with van der Waals surface area (Å²) in [4.78, 5) is 27.0. The Morgan fingerprint density at radius 2 is 1.77 bits per heavy atom. The fraction of sp³-hybridized carbons (Fsp3) is 0.278. The molecule has 1 unspecified atom stereocenters. The summed E-state index contributed by atoms with van der Waals surface area (Å²) >= 11 is 0. The highest BCUT2D eigenvalue weighted by Gasteiger charge is 2.38. The number of carbonyl (C=O) groups is 2. The highest BCUT2D eigenvalue weighted by atomic mass is 32.2. The third kappa shape index (κ3) is 5.82. The van der Waals surface area contributed by atoms with Gasteiger partial charge in [-0.1, -0.05) is 0 Å². The van der Waals surface area contributed by atoms with E-state index in [4.69, 9.17) is 7.85 Å². The van der Waals surface area contributed by atoms with Crippen molar-refractivity contribution >= 4 is 40.8 Å². The van der Waals surface area contributed by atoms with Crippen LogP contribution in [0, 0.1) is 0 Å². The molecule has 1 aromatic carbocycles. The third-order valence-corrected chi connectivity index (χ3v) is 6.08. The first-order valence-corrected chi connectivity index (χ1v) is 10.2. The highest BCUT2D eigenvalue weighted by molar-refractivity contribution is 7.91. The number of alkyl halides is 3. The van der Waals surface area contributed by atoms with E-state index >= 15 is 0 Å². The molecule has 2 radical (unpaired) electrons. The molecular weight excluding hydrogens is 438 g/mol. The normalized spacial score (nSPS) is 13.9. The van der Waals surface area contributed by atoms with Gasteiger partial charge in [-0.15, -0.1) is 0 Å². The van der Waals surface area contributed by atoms with E-state index in [9.17, 15) is 36.3 Å². The second-order valence-electron chi connectivity index (χ2n) is 6.75. The smallest absolute Gasteiger partial charge is 0.379 e. The summed E-state index contributed by atoms with van der Waals surface area (Å²) in [6, 6.07) is 5.28. The van der Waals surface area contributed by atoms with Crippen LogP contribution in [-0.2, 0) is 20.8 Å². The number of hydrogen-bond donors (Lipinski definition) is 3. The van der Waals surface area contributed by atoms with Gasteiger partial charge in [-0.2, -0.15) is 13.2 Å². The largest absolute Gasteiger partial charge is 0.417 e. The quantitative estimate of drug-likeness (QED) is 0.543. The first-order valence-electron chi connectivity index (χ1n) is 8.59. The minimum Gasteiger partial charge on any atom is -0.379 e. The number of aromatic nitrogens is 1. The molecule has 3 N–H and O–H groups in total. The van der Waals surface area contributed by atoms with Crippen molar-refractivity contribution in [2.75, 3.05) is 18.1 Å². The van der Waals surface area contributed by atoms with E-state index < -0.39 is 56.0 Å². The van der Waals surface area contributed by atoms with Crippen LogP contribution in [-0.4, -0.2) is 56.6 Å². The number of pyridine rings is 1. The Morgan fingerprint density at radius 1 is 1.19 bits per heavy atom. The maximum Gasteiger partial charge on any atom is 0.417 e. The molecule has 0 fully saturated rings. The van der Waals surface area contributed by atoms with Gasteiger partial charge in [0.05, 0.1) is 21.9 Å². The van der Waals surface area contributed by atoms with Crippen LogP contribution in [0.25, 0.3) is 0 Å². The molecule has 1 atom stereocenters. The second-order valence-corrected chi connectivity index (χ2v) is 8.73. The van der Waals surface area contributed by atoms with Crippen LogP contribution in [0.4, 0.5) is 18.9 Å². The summed E-state index contributed by atoms with van der Waals surface area (Å²) in [5.41, 5.74) is -4.84. The van der Waals surface area contributed by atoms with E-state index in [0.717, 1.165) is 25.3 Å². The second kappa shape index (κ2) is 8.67. The topological polar surface area (TPSA) is 125 Å². The van der Waals surface area contributed by atoms with Crippen molar-refractivity contribution in [2.45, 2.75) is 23.6 Å². The number of rotatable bonds is 6. The molecule has 31 heavy (non-hydrogen) atoms. The maximum absolute atomic E-state index is 12.9. The summed E-state index contributed by atoms with van der Waals surface area (Å²) in [6.45, 7) is 0.897. The average Bonchev–Trinajstić information content (AvgIpc) is 2.67. The van der Waals surface area contributed by atoms with E-state index in [0.29, 0.717) is 6.07 Å². The summed E-state index contributed by atoms with van der Waals surface area (Å²) in [7, 11) is 2.38. The van der Waals surface area contributed by atoms with Crippen LogP contribution in [0.15, 0.2) is 41.4 Å². The molecule has 0 aliphatic rings. The number of anilines is 1. The minimum atomic E-state index is -4.83. The van der Waals surface area contributed by atoms with Gasteiger partial charge in [0, 0.05) is 18.8 Å². The van der Waals surface area contributed by atoms with E-state index in [-0.39, 0.29) is 10.5 Å². The number of benzene rings is 1. The predicted octanol–water partition coefficient (Wildman–Crippen LogP) is 0.417. The zero-order valence-corrected chi connectivity index (χ0v) is 17.1. The molecule has 0 aliphatic heterocycles. The van der Waals surface area contributed by atoms with Crippen LogP contribution in [0.3, 0.4) is 0 Å². The van der Waals surface area contributed by atoms with E-state index in [1.807, 2.05) is 5.32 Å². The highest BCUT2D eigenvalue weighted by Crippen LogP contribution is 2.29. The van der Waals surface area contributed by atoms with Gasteiger partial charge in [0.1, 0.15) is 7.85 Å². The molecule has 0 saturated carbocycles. The molecule has 13 heteroatoms. The lowest BCUT2D eigenvalue weighted by atomic mass is 9.97. The predicted molar refractivity (Wildman–Crippen MR) is 106 cm³/mol. The van der Waals surface area contributed by atoms with Crippen LogP contribution >= 0.6 is 0 Å². The van der Waals surface area contributed by atoms with E-state index in [1.165, 1.54) is 19.2 Å².